The summed E-state index contributed by atoms with van der Waals surface area (Å²) >= 11 is 12.1. The highest BCUT2D eigenvalue weighted by Crippen LogP contribution is 2.31. The lowest BCUT2D eigenvalue weighted by Crippen LogP contribution is -2.27. The van der Waals surface area contributed by atoms with Gasteiger partial charge in [-0.25, -0.2) is 4.98 Å². The van der Waals surface area contributed by atoms with Crippen LogP contribution >= 0.6 is 23.2 Å². The molecule has 0 aliphatic rings. The van der Waals surface area contributed by atoms with Gasteiger partial charge in [0.05, 0.1) is 5.02 Å². The van der Waals surface area contributed by atoms with Crippen molar-refractivity contribution in [1.82, 2.24) is 14.9 Å². The van der Waals surface area contributed by atoms with Crippen LogP contribution in [0.2, 0.25) is 10.0 Å². The molecule has 27 heavy (non-hydrogen) atoms. The lowest BCUT2D eigenvalue weighted by atomic mass is 10.2. The first-order valence-corrected chi connectivity index (χ1v) is 8.74. The number of aromatic nitrogens is 2. The van der Waals surface area contributed by atoms with E-state index in [1.165, 1.54) is 0 Å². The number of nitrogens with zero attached hydrogens (tertiary/aromatic N) is 4. The predicted octanol–water partition coefficient (Wildman–Crippen LogP) is 4.84. The Balaban J connectivity index is 1.74. The molecule has 0 spiro atoms. The topological polar surface area (TPSA) is 70.8 Å². The largest absolute Gasteiger partial charge is 0.437 e. The van der Waals surface area contributed by atoms with Crippen molar-refractivity contribution in [2.24, 2.45) is 5.16 Å². The Morgan fingerprint density at radius 3 is 2.70 bits per heavy atom. The highest BCUT2D eigenvalue weighted by molar-refractivity contribution is 6.34. The van der Waals surface area contributed by atoms with E-state index in [1.54, 1.807) is 53.8 Å². The van der Waals surface area contributed by atoms with Crippen molar-refractivity contribution in [2.45, 2.75) is 6.54 Å². The van der Waals surface area contributed by atoms with Crippen LogP contribution in [0, 0.1) is 0 Å². The lowest BCUT2D eigenvalue weighted by molar-refractivity contribution is 0.306. The van der Waals surface area contributed by atoms with Gasteiger partial charge in [-0.15, -0.1) is 0 Å². The minimum Gasteiger partial charge on any atom is -0.437 e. The highest BCUT2D eigenvalue weighted by atomic mass is 35.5. The van der Waals surface area contributed by atoms with E-state index in [0.717, 1.165) is 5.56 Å². The third kappa shape index (κ3) is 4.87. The van der Waals surface area contributed by atoms with Gasteiger partial charge in [0, 0.05) is 54.9 Å². The lowest BCUT2D eigenvalue weighted by Gasteiger charge is -2.20. The zero-order valence-electron chi connectivity index (χ0n) is 14.4. The van der Waals surface area contributed by atoms with Crippen LogP contribution < -0.4 is 4.74 Å². The summed E-state index contributed by atoms with van der Waals surface area (Å²) in [5.74, 6) is 1.13. The molecular weight excluding hydrogens is 387 g/mol. The van der Waals surface area contributed by atoms with Crippen LogP contribution in [0.1, 0.15) is 11.1 Å². The van der Waals surface area contributed by atoms with Crippen LogP contribution in [0.25, 0.3) is 0 Å². The minimum atomic E-state index is 0.343. The van der Waals surface area contributed by atoms with Crippen LogP contribution in [0.4, 0.5) is 0 Å². The average molecular weight is 403 g/mol. The normalized spacial score (nSPS) is 11.3. The van der Waals surface area contributed by atoms with Crippen LogP contribution in [0.3, 0.4) is 0 Å². The Morgan fingerprint density at radius 1 is 1.19 bits per heavy atom. The molecule has 0 bridgehead atoms. The van der Waals surface area contributed by atoms with Gasteiger partial charge in [0.25, 0.3) is 0 Å². The molecule has 0 unspecified atom stereocenters. The van der Waals surface area contributed by atoms with E-state index in [2.05, 4.69) is 15.1 Å². The van der Waals surface area contributed by atoms with Crippen molar-refractivity contribution < 1.29 is 9.94 Å². The smallest absolute Gasteiger partial charge is 0.219 e. The molecule has 2 heterocycles. The fourth-order valence-electron chi connectivity index (χ4n) is 2.44. The SMILES string of the molecule is CN(Cc1cccnc1)/C(=N\O)c1ccc(Oc2cc(Cl)ccc2Cl)nc1. The molecule has 2 aromatic heterocycles. The van der Waals surface area contributed by atoms with Gasteiger partial charge in [0.1, 0.15) is 5.75 Å². The van der Waals surface area contributed by atoms with Crippen molar-refractivity contribution in [3.63, 3.8) is 0 Å². The average Bonchev–Trinajstić information content (AvgIpc) is 2.67. The number of hydrogen-bond acceptors (Lipinski definition) is 5. The molecule has 138 valence electrons. The van der Waals surface area contributed by atoms with Crippen LogP contribution in [0.15, 0.2) is 66.2 Å². The zero-order valence-corrected chi connectivity index (χ0v) is 15.9. The standard InChI is InChI=1S/C19H16Cl2N4O2/c1-25(12-13-3-2-8-22-10-13)19(24-26)14-4-7-18(23-11-14)27-17-9-15(20)5-6-16(17)21/h2-11,26H,12H2,1H3/b24-19-. The number of benzene rings is 1. The molecule has 0 fully saturated rings. The maximum absolute atomic E-state index is 9.44. The van der Waals surface area contributed by atoms with Crippen molar-refractivity contribution >= 4 is 29.0 Å². The molecule has 0 atom stereocenters. The Kier molecular flexibility index (Phi) is 6.11. The van der Waals surface area contributed by atoms with Gasteiger partial charge >= 0.3 is 0 Å². The number of hydrogen-bond donors (Lipinski definition) is 1. The molecule has 0 saturated heterocycles. The van der Waals surface area contributed by atoms with Crippen molar-refractivity contribution in [2.75, 3.05) is 7.05 Å². The predicted molar refractivity (Wildman–Crippen MR) is 105 cm³/mol. The summed E-state index contributed by atoms with van der Waals surface area (Å²) in [5.41, 5.74) is 1.62. The van der Waals surface area contributed by atoms with E-state index in [9.17, 15) is 5.21 Å². The molecule has 3 rings (SSSR count). The first kappa shape index (κ1) is 18.9. The molecule has 3 aromatic rings. The number of oxime groups is 1. The molecular formula is C19H16Cl2N4O2. The number of amidine groups is 1. The zero-order chi connectivity index (χ0) is 19.2. The maximum atomic E-state index is 9.44. The van der Waals surface area contributed by atoms with E-state index in [4.69, 9.17) is 27.9 Å². The first-order chi connectivity index (χ1) is 13.1. The van der Waals surface area contributed by atoms with Gasteiger partial charge in [-0.1, -0.05) is 34.4 Å². The Morgan fingerprint density at radius 2 is 2.04 bits per heavy atom. The maximum Gasteiger partial charge on any atom is 0.219 e. The summed E-state index contributed by atoms with van der Waals surface area (Å²) < 4.78 is 5.66. The fourth-order valence-corrected chi connectivity index (χ4v) is 2.75. The van der Waals surface area contributed by atoms with E-state index in [-0.39, 0.29) is 0 Å². The van der Waals surface area contributed by atoms with Crippen molar-refractivity contribution in [1.29, 1.82) is 0 Å². The Hall–Kier alpha value is -2.83. The number of rotatable bonds is 5. The highest BCUT2D eigenvalue weighted by Gasteiger charge is 2.13. The fraction of sp³-hybridized carbons (Fsp3) is 0.105. The second kappa shape index (κ2) is 8.70. The molecule has 6 nitrogen and oxygen atoms in total. The molecule has 8 heteroatoms. The number of halogens is 2. The van der Waals surface area contributed by atoms with Gasteiger partial charge in [-0.3, -0.25) is 4.98 Å². The van der Waals surface area contributed by atoms with Crippen LogP contribution in [0.5, 0.6) is 11.6 Å². The molecule has 1 N–H and O–H groups in total. The summed E-state index contributed by atoms with van der Waals surface area (Å²) in [7, 11) is 1.82. The molecule has 0 aliphatic heterocycles. The molecule has 0 radical (unpaired) electrons. The first-order valence-electron chi connectivity index (χ1n) is 7.98. The molecule has 0 aliphatic carbocycles. The summed E-state index contributed by atoms with van der Waals surface area (Å²) in [5, 5.41) is 13.8. The van der Waals surface area contributed by atoms with E-state index in [0.29, 0.717) is 39.6 Å². The number of pyridine rings is 2. The third-order valence-electron chi connectivity index (χ3n) is 3.70. The molecule has 0 saturated carbocycles. The summed E-state index contributed by atoms with van der Waals surface area (Å²) in [6.07, 6.45) is 5.03. The van der Waals surface area contributed by atoms with Crippen molar-refractivity contribution in [3.8, 4) is 11.6 Å². The van der Waals surface area contributed by atoms with E-state index in [1.807, 2.05) is 19.2 Å². The van der Waals surface area contributed by atoms with E-state index < -0.39 is 0 Å². The third-order valence-corrected chi connectivity index (χ3v) is 4.25. The van der Waals surface area contributed by atoms with E-state index >= 15 is 0 Å². The Labute approximate surface area is 166 Å². The second-order valence-corrected chi connectivity index (χ2v) is 6.55. The summed E-state index contributed by atoms with van der Waals surface area (Å²) in [6.45, 7) is 0.531. The van der Waals surface area contributed by atoms with Gasteiger partial charge in [-0.2, -0.15) is 0 Å². The van der Waals surface area contributed by atoms with Crippen LogP contribution in [-0.2, 0) is 6.54 Å². The summed E-state index contributed by atoms with van der Waals surface area (Å²) in [4.78, 5) is 10.1. The number of ether oxygens (including phenoxy) is 1. The molecule has 1 aromatic carbocycles. The second-order valence-electron chi connectivity index (χ2n) is 5.70. The van der Waals surface area contributed by atoms with Gasteiger partial charge < -0.3 is 14.8 Å². The minimum absolute atomic E-state index is 0.343. The molecule has 0 amide bonds. The van der Waals surface area contributed by atoms with Gasteiger partial charge in [-0.05, 0) is 29.8 Å². The van der Waals surface area contributed by atoms with Crippen molar-refractivity contribution in [3.05, 3.63) is 82.2 Å². The summed E-state index contributed by atoms with van der Waals surface area (Å²) in [6, 6.07) is 12.1. The van der Waals surface area contributed by atoms with Gasteiger partial charge in [0.2, 0.25) is 5.88 Å². The van der Waals surface area contributed by atoms with Gasteiger partial charge in [0.15, 0.2) is 5.84 Å². The Bertz CT molecular complexity index is 934. The quantitative estimate of drug-likeness (QED) is 0.286. The van der Waals surface area contributed by atoms with Crippen LogP contribution in [-0.4, -0.2) is 33.0 Å². The monoisotopic (exact) mass is 402 g/mol.